The summed E-state index contributed by atoms with van der Waals surface area (Å²) in [5.74, 6) is 0.838. The predicted molar refractivity (Wildman–Crippen MR) is 85.1 cm³/mol. The molecule has 2 nitrogen and oxygen atoms in total. The van der Waals surface area contributed by atoms with Crippen molar-refractivity contribution < 1.29 is 0 Å². The molecule has 2 N–H and O–H groups in total. The molecule has 3 atom stereocenters. The molecule has 0 bridgehead atoms. The first kappa shape index (κ1) is 15.0. The molecule has 0 aliphatic carbocycles. The minimum Gasteiger partial charge on any atom is -0.326 e. The van der Waals surface area contributed by atoms with Crippen molar-refractivity contribution in [2.45, 2.75) is 45.2 Å². The molecule has 3 heteroatoms. The zero-order chi connectivity index (χ0) is 13.8. The smallest absolute Gasteiger partial charge is 0.0496 e. The maximum Gasteiger partial charge on any atom is 0.0496 e. The molecule has 1 aromatic carbocycles. The van der Waals surface area contributed by atoms with E-state index in [1.165, 1.54) is 37.9 Å². The topological polar surface area (TPSA) is 29.3 Å². The van der Waals surface area contributed by atoms with Gasteiger partial charge in [0.15, 0.2) is 0 Å². The van der Waals surface area contributed by atoms with Crippen LogP contribution in [-0.2, 0) is 0 Å². The van der Waals surface area contributed by atoms with Gasteiger partial charge in [-0.2, -0.15) is 0 Å². The molecule has 19 heavy (non-hydrogen) atoms. The zero-order valence-electron chi connectivity index (χ0n) is 12.0. The summed E-state index contributed by atoms with van der Waals surface area (Å²) in [7, 11) is 0. The van der Waals surface area contributed by atoms with Crippen LogP contribution >= 0.6 is 15.9 Å². The van der Waals surface area contributed by atoms with Crippen LogP contribution in [0.4, 0.5) is 0 Å². The molecular weight excluding hydrogens is 300 g/mol. The van der Waals surface area contributed by atoms with Gasteiger partial charge in [0.05, 0.1) is 0 Å². The van der Waals surface area contributed by atoms with Gasteiger partial charge in [-0.25, -0.2) is 0 Å². The Morgan fingerprint density at radius 3 is 2.63 bits per heavy atom. The average Bonchev–Trinajstić information content (AvgIpc) is 2.41. The highest BCUT2D eigenvalue weighted by Crippen LogP contribution is 2.30. The molecule has 1 aliphatic rings. The molecule has 1 saturated heterocycles. The summed E-state index contributed by atoms with van der Waals surface area (Å²) in [5.41, 5.74) is 7.61. The molecule has 1 fully saturated rings. The van der Waals surface area contributed by atoms with Crippen LogP contribution in [0.3, 0.4) is 0 Å². The predicted octanol–water partition coefficient (Wildman–Crippen LogP) is 3.96. The minimum atomic E-state index is 0.164. The fourth-order valence-electron chi connectivity index (χ4n) is 3.19. The fraction of sp³-hybridized carbons (Fsp3) is 0.625. The van der Waals surface area contributed by atoms with Crippen LogP contribution in [0.25, 0.3) is 0 Å². The van der Waals surface area contributed by atoms with E-state index in [4.69, 9.17) is 5.73 Å². The van der Waals surface area contributed by atoms with Crippen molar-refractivity contribution in [3.8, 4) is 0 Å². The van der Waals surface area contributed by atoms with Gasteiger partial charge in [-0.1, -0.05) is 41.4 Å². The third kappa shape index (κ3) is 3.80. The Labute approximate surface area is 125 Å². The summed E-state index contributed by atoms with van der Waals surface area (Å²) in [6.07, 6.45) is 3.96. The van der Waals surface area contributed by atoms with Gasteiger partial charge in [-0.15, -0.1) is 0 Å². The highest BCUT2D eigenvalue weighted by molar-refractivity contribution is 9.10. The van der Waals surface area contributed by atoms with Crippen LogP contribution in [0.2, 0.25) is 0 Å². The van der Waals surface area contributed by atoms with E-state index < -0.39 is 0 Å². The first-order valence-corrected chi connectivity index (χ1v) is 8.16. The van der Waals surface area contributed by atoms with E-state index >= 15 is 0 Å². The van der Waals surface area contributed by atoms with Gasteiger partial charge < -0.3 is 5.73 Å². The quantitative estimate of drug-likeness (QED) is 0.908. The monoisotopic (exact) mass is 324 g/mol. The second-order valence-corrected chi connectivity index (χ2v) is 6.68. The van der Waals surface area contributed by atoms with E-state index in [2.05, 4.69) is 58.9 Å². The Bertz CT molecular complexity index is 388. The molecule has 0 radical (unpaired) electrons. The van der Waals surface area contributed by atoms with Crippen molar-refractivity contribution in [3.05, 3.63) is 34.3 Å². The van der Waals surface area contributed by atoms with Crippen LogP contribution in [0.1, 0.15) is 44.7 Å². The standard InChI is InChI=1S/C16H25BrN2/c1-3-13-5-4-10-19(11-13)16(12(2)18)14-6-8-15(17)9-7-14/h6-9,12-13,16H,3-5,10-11,18H2,1-2H3. The van der Waals surface area contributed by atoms with Crippen molar-refractivity contribution in [2.75, 3.05) is 13.1 Å². The summed E-state index contributed by atoms with van der Waals surface area (Å²) in [6.45, 7) is 6.80. The third-order valence-electron chi connectivity index (χ3n) is 4.23. The maximum atomic E-state index is 6.27. The minimum absolute atomic E-state index is 0.164. The van der Waals surface area contributed by atoms with E-state index in [1.807, 2.05) is 0 Å². The number of nitrogens with zero attached hydrogens (tertiary/aromatic N) is 1. The average molecular weight is 325 g/mol. The highest BCUT2D eigenvalue weighted by Gasteiger charge is 2.28. The van der Waals surface area contributed by atoms with Crippen molar-refractivity contribution in [2.24, 2.45) is 11.7 Å². The third-order valence-corrected chi connectivity index (χ3v) is 4.76. The Morgan fingerprint density at radius 2 is 2.05 bits per heavy atom. The van der Waals surface area contributed by atoms with Gasteiger partial charge in [-0.05, 0) is 49.9 Å². The lowest BCUT2D eigenvalue weighted by molar-refractivity contribution is 0.108. The lowest BCUT2D eigenvalue weighted by Crippen LogP contribution is -2.44. The molecular formula is C16H25BrN2. The normalized spacial score (nSPS) is 24.1. The summed E-state index contributed by atoms with van der Waals surface area (Å²) < 4.78 is 1.13. The number of nitrogens with two attached hydrogens (primary N) is 1. The SMILES string of the molecule is CCC1CCCN(C(c2ccc(Br)cc2)C(C)N)C1. The largest absolute Gasteiger partial charge is 0.326 e. The summed E-state index contributed by atoms with van der Waals surface area (Å²) in [4.78, 5) is 2.59. The van der Waals surface area contributed by atoms with E-state index in [1.54, 1.807) is 0 Å². The number of likely N-dealkylation sites (tertiary alicyclic amines) is 1. The van der Waals surface area contributed by atoms with Crippen molar-refractivity contribution in [3.63, 3.8) is 0 Å². The molecule has 0 saturated carbocycles. The lowest BCUT2D eigenvalue weighted by atomic mass is 9.91. The Morgan fingerprint density at radius 1 is 1.37 bits per heavy atom. The Kier molecular flexibility index (Phi) is 5.43. The lowest BCUT2D eigenvalue weighted by Gasteiger charge is -2.40. The van der Waals surface area contributed by atoms with Crippen molar-refractivity contribution in [1.29, 1.82) is 0 Å². The molecule has 1 aromatic rings. The van der Waals surface area contributed by atoms with Gasteiger partial charge in [0.2, 0.25) is 0 Å². The van der Waals surface area contributed by atoms with Gasteiger partial charge >= 0.3 is 0 Å². The number of rotatable bonds is 4. The summed E-state index contributed by atoms with van der Waals surface area (Å²) >= 11 is 3.50. The van der Waals surface area contributed by atoms with Crippen molar-refractivity contribution in [1.82, 2.24) is 4.90 Å². The first-order chi connectivity index (χ1) is 9.11. The number of benzene rings is 1. The van der Waals surface area contributed by atoms with Crippen LogP contribution in [-0.4, -0.2) is 24.0 Å². The van der Waals surface area contributed by atoms with Gasteiger partial charge in [0.1, 0.15) is 0 Å². The number of halogens is 1. The number of hydrogen-bond donors (Lipinski definition) is 1. The Balaban J connectivity index is 2.17. The van der Waals surface area contributed by atoms with Crippen LogP contribution < -0.4 is 5.73 Å². The molecule has 3 unspecified atom stereocenters. The van der Waals surface area contributed by atoms with Crippen LogP contribution in [0.15, 0.2) is 28.7 Å². The Hall–Kier alpha value is -0.380. The highest BCUT2D eigenvalue weighted by atomic mass is 79.9. The number of piperidine rings is 1. The molecule has 0 amide bonds. The van der Waals surface area contributed by atoms with Gasteiger partial charge in [-0.3, -0.25) is 4.90 Å². The second-order valence-electron chi connectivity index (χ2n) is 5.77. The van der Waals surface area contributed by atoms with Crippen LogP contribution in [0.5, 0.6) is 0 Å². The molecule has 1 heterocycles. The zero-order valence-corrected chi connectivity index (χ0v) is 13.6. The van der Waals surface area contributed by atoms with E-state index in [-0.39, 0.29) is 6.04 Å². The molecule has 106 valence electrons. The first-order valence-electron chi connectivity index (χ1n) is 7.37. The molecule has 0 spiro atoms. The summed E-state index contributed by atoms with van der Waals surface area (Å²) in [5, 5.41) is 0. The molecule has 0 aromatic heterocycles. The van der Waals surface area contributed by atoms with E-state index in [0.717, 1.165) is 10.4 Å². The van der Waals surface area contributed by atoms with Gasteiger partial charge in [0.25, 0.3) is 0 Å². The van der Waals surface area contributed by atoms with Gasteiger partial charge in [0, 0.05) is 23.1 Å². The van der Waals surface area contributed by atoms with E-state index in [9.17, 15) is 0 Å². The maximum absolute atomic E-state index is 6.27. The summed E-state index contributed by atoms with van der Waals surface area (Å²) in [6, 6.07) is 9.15. The van der Waals surface area contributed by atoms with Crippen LogP contribution in [0, 0.1) is 5.92 Å². The fourth-order valence-corrected chi connectivity index (χ4v) is 3.45. The molecule has 2 rings (SSSR count). The van der Waals surface area contributed by atoms with Crippen molar-refractivity contribution >= 4 is 15.9 Å². The second kappa shape index (κ2) is 6.87. The van der Waals surface area contributed by atoms with E-state index in [0.29, 0.717) is 6.04 Å². The molecule has 1 aliphatic heterocycles. The number of hydrogen-bond acceptors (Lipinski definition) is 2.